The number of aryl methyl sites for hydroxylation is 1. The maximum absolute atomic E-state index is 13.3. The fraction of sp³-hybridized carbons (Fsp3) is 0.400. The molecular weight excluding hydrogens is 548 g/mol. The average molecular weight is 595 g/mol. The maximum atomic E-state index is 13.3. The van der Waals surface area contributed by atoms with Crippen LogP contribution in [0.15, 0.2) is 60.7 Å². The molecule has 0 heterocycles. The van der Waals surface area contributed by atoms with Crippen molar-refractivity contribution in [3.63, 3.8) is 0 Å². The lowest BCUT2D eigenvalue weighted by molar-refractivity contribution is -0.139. The Kier molecular flexibility index (Phi) is 16.2. The number of rotatable bonds is 11. The van der Waals surface area contributed by atoms with Crippen molar-refractivity contribution in [2.24, 2.45) is 0 Å². The molecule has 0 aliphatic carbocycles. The number of nitrogens with one attached hydrogen (secondary N) is 2. The molecule has 3 N–H and O–H groups in total. The Hall–Kier alpha value is -3.64. The van der Waals surface area contributed by atoms with E-state index in [0.29, 0.717) is 17.7 Å². The topological polar surface area (TPSA) is 95.5 Å². The molecule has 42 heavy (non-hydrogen) atoms. The number of anilines is 1. The second kappa shape index (κ2) is 18.7. The molecule has 7 heteroatoms. The van der Waals surface area contributed by atoms with Crippen molar-refractivity contribution in [3.8, 4) is 0 Å². The van der Waals surface area contributed by atoms with E-state index in [-0.39, 0.29) is 24.2 Å². The van der Waals surface area contributed by atoms with Crippen molar-refractivity contribution in [2.45, 2.75) is 92.5 Å². The Balaban J connectivity index is 0.000000673. The van der Waals surface area contributed by atoms with Crippen molar-refractivity contribution < 1.29 is 19.5 Å². The SMILES string of the molecule is CC.CCCC(C)c1cccc(C(C)C)c1C(=O)NC(Cc1ccc(NC=O)cc1)C(=O)O.Cc1cccc(Cl)c1C. The minimum absolute atomic E-state index is 0.135. The smallest absolute Gasteiger partial charge is 0.326 e. The molecule has 0 spiro atoms. The lowest BCUT2D eigenvalue weighted by atomic mass is 9.85. The van der Waals surface area contributed by atoms with Crippen molar-refractivity contribution in [1.82, 2.24) is 5.32 Å². The molecule has 228 valence electrons. The Morgan fingerprint density at radius 1 is 0.929 bits per heavy atom. The van der Waals surface area contributed by atoms with E-state index in [9.17, 15) is 19.5 Å². The Labute approximate surface area is 256 Å². The number of aliphatic carboxylic acids is 1. The van der Waals surface area contributed by atoms with Crippen LogP contribution in [0.2, 0.25) is 5.02 Å². The number of halogens is 1. The monoisotopic (exact) mass is 594 g/mol. The maximum Gasteiger partial charge on any atom is 0.326 e. The van der Waals surface area contributed by atoms with Crippen LogP contribution in [0.3, 0.4) is 0 Å². The predicted molar refractivity (Wildman–Crippen MR) is 175 cm³/mol. The number of amides is 2. The third-order valence-corrected chi connectivity index (χ3v) is 7.40. The molecule has 6 nitrogen and oxygen atoms in total. The molecule has 0 saturated carbocycles. The largest absolute Gasteiger partial charge is 0.480 e. The quantitative estimate of drug-likeness (QED) is 0.193. The fourth-order valence-electron chi connectivity index (χ4n) is 4.52. The van der Waals surface area contributed by atoms with Gasteiger partial charge in [-0.2, -0.15) is 0 Å². The highest BCUT2D eigenvalue weighted by atomic mass is 35.5. The Morgan fingerprint density at radius 2 is 1.52 bits per heavy atom. The highest BCUT2D eigenvalue weighted by molar-refractivity contribution is 6.31. The van der Waals surface area contributed by atoms with Gasteiger partial charge in [0.05, 0.1) is 0 Å². The number of hydrogen-bond acceptors (Lipinski definition) is 3. The van der Waals surface area contributed by atoms with Gasteiger partial charge in [0.1, 0.15) is 6.04 Å². The molecule has 3 aromatic carbocycles. The van der Waals surface area contributed by atoms with Gasteiger partial charge < -0.3 is 15.7 Å². The van der Waals surface area contributed by atoms with Gasteiger partial charge >= 0.3 is 5.97 Å². The van der Waals surface area contributed by atoms with Gasteiger partial charge in [-0.15, -0.1) is 0 Å². The molecule has 0 saturated heterocycles. The Morgan fingerprint density at radius 3 is 2.02 bits per heavy atom. The molecule has 3 rings (SSSR count). The number of carboxylic acid groups (broad SMARTS) is 1. The third kappa shape index (κ3) is 11.0. The zero-order valence-electron chi connectivity index (χ0n) is 26.3. The normalized spacial score (nSPS) is 11.7. The summed E-state index contributed by atoms with van der Waals surface area (Å²) in [7, 11) is 0. The van der Waals surface area contributed by atoms with Gasteiger partial charge in [-0.3, -0.25) is 9.59 Å². The molecule has 3 aromatic rings. The van der Waals surface area contributed by atoms with Gasteiger partial charge in [0.2, 0.25) is 6.41 Å². The Bertz CT molecular complexity index is 1270. The van der Waals surface area contributed by atoms with Crippen molar-refractivity contribution in [1.29, 1.82) is 0 Å². The third-order valence-electron chi connectivity index (χ3n) is 6.99. The fourth-order valence-corrected chi connectivity index (χ4v) is 4.74. The second-order valence-electron chi connectivity index (χ2n) is 10.4. The zero-order valence-corrected chi connectivity index (χ0v) is 27.0. The van der Waals surface area contributed by atoms with Gasteiger partial charge in [-0.1, -0.05) is 102 Å². The first-order valence-corrected chi connectivity index (χ1v) is 15.0. The van der Waals surface area contributed by atoms with Gasteiger partial charge in [-0.05, 0) is 78.1 Å². The van der Waals surface area contributed by atoms with Crippen LogP contribution in [0.5, 0.6) is 0 Å². The molecule has 2 atom stereocenters. The predicted octanol–water partition coefficient (Wildman–Crippen LogP) is 8.69. The first-order chi connectivity index (χ1) is 20.0. The summed E-state index contributed by atoms with van der Waals surface area (Å²) in [6, 6.07) is 17.6. The molecule has 2 unspecified atom stereocenters. The standard InChI is InChI=1S/C25H32N2O4.C8H9Cl.C2H6/c1-5-7-17(4)21-9-6-8-20(16(2)3)23(21)24(29)27-22(25(30)31)14-18-10-12-19(13-11-18)26-15-28;1-6-4-3-5-8(9)7(6)2;1-2/h6,8-13,15-17,22H,5,7,14H2,1-4H3,(H,26,28)(H,27,29)(H,30,31);3-5H,1-2H3;1-2H3. The number of carboxylic acids is 1. The molecule has 0 radical (unpaired) electrons. The number of hydrogen-bond donors (Lipinski definition) is 3. The van der Waals surface area contributed by atoms with E-state index in [0.717, 1.165) is 34.6 Å². The van der Waals surface area contributed by atoms with Crippen LogP contribution in [0.25, 0.3) is 0 Å². The van der Waals surface area contributed by atoms with Crippen LogP contribution in [0.4, 0.5) is 5.69 Å². The highest BCUT2D eigenvalue weighted by Crippen LogP contribution is 2.30. The van der Waals surface area contributed by atoms with Crippen molar-refractivity contribution in [3.05, 3.63) is 99.1 Å². The van der Waals surface area contributed by atoms with Crippen LogP contribution < -0.4 is 10.6 Å². The number of carbonyl (C=O) groups excluding carboxylic acids is 2. The van der Waals surface area contributed by atoms with E-state index in [1.807, 2.05) is 65.0 Å². The summed E-state index contributed by atoms with van der Waals surface area (Å²) in [5, 5.41) is 15.9. The molecule has 0 fully saturated rings. The first kappa shape index (κ1) is 36.4. The molecule has 0 aliphatic rings. The molecule has 0 aromatic heterocycles. The summed E-state index contributed by atoms with van der Waals surface area (Å²) in [5.74, 6) is -1.11. The summed E-state index contributed by atoms with van der Waals surface area (Å²) in [4.78, 5) is 35.8. The molecule has 2 amide bonds. The summed E-state index contributed by atoms with van der Waals surface area (Å²) in [6.07, 6.45) is 2.68. The van der Waals surface area contributed by atoms with Crippen LogP contribution in [0.1, 0.15) is 104 Å². The van der Waals surface area contributed by atoms with Gasteiger partial charge in [-0.25, -0.2) is 4.79 Å². The van der Waals surface area contributed by atoms with E-state index >= 15 is 0 Å². The summed E-state index contributed by atoms with van der Waals surface area (Å²) >= 11 is 5.81. The highest BCUT2D eigenvalue weighted by Gasteiger charge is 2.26. The molecular formula is C35H47ClN2O4. The lowest BCUT2D eigenvalue weighted by Crippen LogP contribution is -2.43. The average Bonchev–Trinajstić information content (AvgIpc) is 2.97. The van der Waals surface area contributed by atoms with E-state index < -0.39 is 12.0 Å². The van der Waals surface area contributed by atoms with Crippen molar-refractivity contribution in [2.75, 3.05) is 5.32 Å². The van der Waals surface area contributed by atoms with Gasteiger partial charge in [0.25, 0.3) is 5.91 Å². The van der Waals surface area contributed by atoms with Crippen LogP contribution in [-0.4, -0.2) is 29.4 Å². The molecule has 0 aliphatic heterocycles. The molecule has 0 bridgehead atoms. The number of carbonyl (C=O) groups is 3. The lowest BCUT2D eigenvalue weighted by Gasteiger charge is -2.22. The van der Waals surface area contributed by atoms with Gasteiger partial charge in [0, 0.05) is 22.7 Å². The zero-order chi connectivity index (χ0) is 31.8. The first-order valence-electron chi connectivity index (χ1n) is 14.7. The minimum atomic E-state index is -1.09. The van der Waals surface area contributed by atoms with Crippen LogP contribution in [0, 0.1) is 13.8 Å². The summed E-state index contributed by atoms with van der Waals surface area (Å²) in [5.41, 5.74) is 6.28. The summed E-state index contributed by atoms with van der Waals surface area (Å²) < 4.78 is 0. The second-order valence-corrected chi connectivity index (χ2v) is 10.8. The van der Waals surface area contributed by atoms with E-state index in [1.165, 1.54) is 11.1 Å². The van der Waals surface area contributed by atoms with Crippen LogP contribution in [-0.2, 0) is 16.0 Å². The summed E-state index contributed by atoms with van der Waals surface area (Å²) in [6.45, 7) is 16.4. The van der Waals surface area contributed by atoms with E-state index in [1.54, 1.807) is 24.3 Å². The van der Waals surface area contributed by atoms with Gasteiger partial charge in [0.15, 0.2) is 0 Å². The number of benzene rings is 3. The van der Waals surface area contributed by atoms with Crippen molar-refractivity contribution >= 4 is 35.6 Å². The van der Waals surface area contributed by atoms with E-state index in [4.69, 9.17) is 11.6 Å². The van der Waals surface area contributed by atoms with E-state index in [2.05, 4.69) is 37.5 Å². The van der Waals surface area contributed by atoms with Crippen LogP contribution >= 0.6 is 11.6 Å². The minimum Gasteiger partial charge on any atom is -0.480 e.